The highest BCUT2D eigenvalue weighted by atomic mass is 32.1. The third-order valence-electron chi connectivity index (χ3n) is 2.77. The number of aryl methyl sites for hydroxylation is 1. The highest BCUT2D eigenvalue weighted by Gasteiger charge is 2.20. The van der Waals surface area contributed by atoms with Crippen molar-refractivity contribution in [2.75, 3.05) is 0 Å². The molecule has 0 aliphatic carbocycles. The SMILES string of the molecule is CCCCC[n+]1c(C(=O)[O-])sc2ccccc21. The van der Waals surface area contributed by atoms with Crippen molar-refractivity contribution in [2.45, 2.75) is 32.7 Å². The summed E-state index contributed by atoms with van der Waals surface area (Å²) in [6, 6.07) is 7.77. The van der Waals surface area contributed by atoms with Crippen molar-refractivity contribution >= 4 is 27.5 Å². The second-order valence-electron chi connectivity index (χ2n) is 4.02. The normalized spacial score (nSPS) is 10.9. The van der Waals surface area contributed by atoms with Crippen molar-refractivity contribution in [3.8, 4) is 0 Å². The number of hydrogen-bond acceptors (Lipinski definition) is 3. The summed E-state index contributed by atoms with van der Waals surface area (Å²) in [5, 5.41) is 11.4. The lowest BCUT2D eigenvalue weighted by molar-refractivity contribution is -0.671. The van der Waals surface area contributed by atoms with Crippen molar-refractivity contribution in [3.63, 3.8) is 0 Å². The van der Waals surface area contributed by atoms with Crippen LogP contribution < -0.4 is 9.67 Å². The van der Waals surface area contributed by atoms with Crippen LogP contribution in [0, 0.1) is 0 Å². The van der Waals surface area contributed by atoms with Crippen LogP contribution in [0.5, 0.6) is 0 Å². The maximum Gasteiger partial charge on any atom is 0.285 e. The number of carboxylic acid groups (broad SMARTS) is 1. The first-order chi connectivity index (χ1) is 8.24. The number of fused-ring (bicyclic) bond motifs is 1. The number of thiazole rings is 1. The average molecular weight is 249 g/mol. The summed E-state index contributed by atoms with van der Waals surface area (Å²) < 4.78 is 2.87. The number of carbonyl (C=O) groups excluding carboxylic acids is 1. The predicted octanol–water partition coefficient (Wildman–Crippen LogP) is 1.74. The molecule has 2 rings (SSSR count). The van der Waals surface area contributed by atoms with Gasteiger partial charge in [-0.15, -0.1) is 0 Å². The molecule has 0 fully saturated rings. The lowest BCUT2D eigenvalue weighted by Gasteiger charge is -1.99. The Kier molecular flexibility index (Phi) is 3.74. The fourth-order valence-corrected chi connectivity index (χ4v) is 2.95. The molecule has 0 unspecified atom stereocenters. The fourth-order valence-electron chi connectivity index (χ4n) is 1.93. The first kappa shape index (κ1) is 12.0. The Morgan fingerprint density at radius 2 is 2.12 bits per heavy atom. The molecular weight excluding hydrogens is 234 g/mol. The Labute approximate surface area is 104 Å². The molecule has 0 saturated heterocycles. The Morgan fingerprint density at radius 1 is 1.35 bits per heavy atom. The van der Waals surface area contributed by atoms with Gasteiger partial charge in [0.2, 0.25) is 5.52 Å². The molecule has 1 heterocycles. The third kappa shape index (κ3) is 2.47. The van der Waals surface area contributed by atoms with Gasteiger partial charge in [-0.3, -0.25) is 0 Å². The maximum absolute atomic E-state index is 11.1. The van der Waals surface area contributed by atoms with Crippen molar-refractivity contribution in [1.29, 1.82) is 0 Å². The minimum absolute atomic E-state index is 0.322. The molecule has 0 bridgehead atoms. The minimum atomic E-state index is -1.08. The van der Waals surface area contributed by atoms with E-state index in [1.807, 2.05) is 28.8 Å². The van der Waals surface area contributed by atoms with E-state index in [4.69, 9.17) is 0 Å². The zero-order valence-electron chi connectivity index (χ0n) is 9.81. The van der Waals surface area contributed by atoms with Crippen molar-refractivity contribution in [3.05, 3.63) is 29.3 Å². The molecule has 0 aliphatic heterocycles. The highest BCUT2D eigenvalue weighted by Crippen LogP contribution is 2.19. The van der Waals surface area contributed by atoms with Crippen molar-refractivity contribution in [1.82, 2.24) is 0 Å². The van der Waals surface area contributed by atoms with E-state index in [-0.39, 0.29) is 0 Å². The summed E-state index contributed by atoms with van der Waals surface area (Å²) >= 11 is 1.29. The Balaban J connectivity index is 2.41. The van der Waals surface area contributed by atoms with Crippen LogP contribution in [0.15, 0.2) is 24.3 Å². The van der Waals surface area contributed by atoms with E-state index in [9.17, 15) is 9.90 Å². The number of unbranched alkanes of at least 4 members (excludes halogenated alkanes) is 2. The molecule has 0 radical (unpaired) electrons. The number of carboxylic acids is 1. The molecule has 0 aliphatic rings. The molecule has 2 aromatic rings. The molecule has 0 atom stereocenters. The molecule has 0 amide bonds. The standard InChI is InChI=1S/C13H15NO2S/c1-2-3-6-9-14-10-7-4-5-8-11(10)17-12(14)13(15)16/h4-5,7-8H,2-3,6,9H2,1H3. The largest absolute Gasteiger partial charge is 0.539 e. The summed E-state index contributed by atoms with van der Waals surface area (Å²) in [4.78, 5) is 11.1. The van der Waals surface area contributed by atoms with E-state index in [1.165, 1.54) is 11.3 Å². The fraction of sp³-hybridized carbons (Fsp3) is 0.385. The van der Waals surface area contributed by atoms with E-state index in [0.29, 0.717) is 5.01 Å². The molecule has 17 heavy (non-hydrogen) atoms. The lowest BCUT2D eigenvalue weighted by Crippen LogP contribution is -2.42. The molecular formula is C13H15NO2S. The maximum atomic E-state index is 11.1. The van der Waals surface area contributed by atoms with Gasteiger partial charge in [-0.2, -0.15) is 4.57 Å². The van der Waals surface area contributed by atoms with Crippen LogP contribution in [0.4, 0.5) is 0 Å². The zero-order valence-corrected chi connectivity index (χ0v) is 10.6. The molecule has 1 aromatic carbocycles. The van der Waals surface area contributed by atoms with Gasteiger partial charge in [0.25, 0.3) is 5.01 Å². The van der Waals surface area contributed by atoms with Gasteiger partial charge in [0.15, 0.2) is 12.5 Å². The van der Waals surface area contributed by atoms with E-state index in [1.54, 1.807) is 0 Å². The van der Waals surface area contributed by atoms with Crippen LogP contribution in [0.2, 0.25) is 0 Å². The second-order valence-corrected chi connectivity index (χ2v) is 5.05. The summed E-state index contributed by atoms with van der Waals surface area (Å²) in [6.45, 7) is 2.89. The number of para-hydroxylation sites is 1. The molecule has 0 saturated carbocycles. The van der Waals surface area contributed by atoms with Crippen LogP contribution >= 0.6 is 11.3 Å². The Morgan fingerprint density at radius 3 is 2.82 bits per heavy atom. The lowest BCUT2D eigenvalue weighted by atomic mass is 10.2. The molecule has 4 heteroatoms. The first-order valence-electron chi connectivity index (χ1n) is 5.86. The van der Waals surface area contributed by atoms with E-state index >= 15 is 0 Å². The number of rotatable bonds is 5. The first-order valence-corrected chi connectivity index (χ1v) is 6.68. The van der Waals surface area contributed by atoms with Crippen LogP contribution in [-0.4, -0.2) is 5.97 Å². The zero-order chi connectivity index (χ0) is 12.3. The number of aromatic nitrogens is 1. The van der Waals surface area contributed by atoms with Gasteiger partial charge in [0.1, 0.15) is 4.70 Å². The summed E-state index contributed by atoms with van der Waals surface area (Å²) in [5.41, 5.74) is 0.993. The third-order valence-corrected chi connectivity index (χ3v) is 3.91. The van der Waals surface area contributed by atoms with Gasteiger partial charge in [-0.1, -0.05) is 36.8 Å². The van der Waals surface area contributed by atoms with Crippen molar-refractivity contribution < 1.29 is 14.5 Å². The van der Waals surface area contributed by atoms with Gasteiger partial charge < -0.3 is 9.90 Å². The topological polar surface area (TPSA) is 44.0 Å². The second kappa shape index (κ2) is 5.27. The van der Waals surface area contributed by atoms with Crippen molar-refractivity contribution in [2.24, 2.45) is 0 Å². The molecule has 0 N–H and O–H groups in total. The molecule has 1 aromatic heterocycles. The van der Waals surface area contributed by atoms with Gasteiger partial charge in [-0.05, 0) is 12.5 Å². The van der Waals surface area contributed by atoms with E-state index in [0.717, 1.165) is 36.0 Å². The van der Waals surface area contributed by atoms with Crippen LogP contribution in [0.25, 0.3) is 10.2 Å². The summed E-state index contributed by atoms with van der Waals surface area (Å²) in [7, 11) is 0. The van der Waals surface area contributed by atoms with Gasteiger partial charge in [-0.25, -0.2) is 0 Å². The molecule has 3 nitrogen and oxygen atoms in total. The Hall–Kier alpha value is -1.42. The van der Waals surface area contributed by atoms with Crippen LogP contribution in [-0.2, 0) is 6.54 Å². The van der Waals surface area contributed by atoms with Crippen LogP contribution in [0.3, 0.4) is 0 Å². The Bertz CT molecular complexity index is 533. The van der Waals surface area contributed by atoms with Gasteiger partial charge in [0, 0.05) is 12.5 Å². The monoisotopic (exact) mass is 249 g/mol. The van der Waals surface area contributed by atoms with E-state index < -0.39 is 5.97 Å². The van der Waals surface area contributed by atoms with Gasteiger partial charge in [0.05, 0.1) is 0 Å². The van der Waals surface area contributed by atoms with Gasteiger partial charge >= 0.3 is 0 Å². The van der Waals surface area contributed by atoms with E-state index in [2.05, 4.69) is 6.92 Å². The summed E-state index contributed by atoms with van der Waals surface area (Å²) in [6.07, 6.45) is 3.25. The highest BCUT2D eigenvalue weighted by molar-refractivity contribution is 7.19. The molecule has 90 valence electrons. The molecule has 0 spiro atoms. The number of benzene rings is 1. The number of carbonyl (C=O) groups is 1. The predicted molar refractivity (Wildman–Crippen MR) is 65.9 cm³/mol. The number of nitrogens with zero attached hydrogens (tertiary/aromatic N) is 1. The average Bonchev–Trinajstić information content (AvgIpc) is 2.69. The smallest absolute Gasteiger partial charge is 0.285 e. The van der Waals surface area contributed by atoms with Crippen LogP contribution in [0.1, 0.15) is 36.0 Å². The quantitative estimate of drug-likeness (QED) is 0.598. The summed E-state index contributed by atoms with van der Waals surface area (Å²) in [5.74, 6) is -1.08. The minimum Gasteiger partial charge on any atom is -0.539 e. The number of aromatic carboxylic acids is 1. The number of hydrogen-bond donors (Lipinski definition) is 0.